The first kappa shape index (κ1) is 16.8. The molecule has 0 radical (unpaired) electrons. The van der Waals surface area contributed by atoms with Crippen molar-refractivity contribution in [3.8, 4) is 17.1 Å². The molecule has 0 unspecified atom stereocenters. The zero-order valence-corrected chi connectivity index (χ0v) is 14.1. The molecule has 0 spiro atoms. The van der Waals surface area contributed by atoms with Crippen molar-refractivity contribution in [2.45, 2.75) is 0 Å². The van der Waals surface area contributed by atoms with Crippen molar-refractivity contribution < 1.29 is 13.5 Å². The van der Waals surface area contributed by atoms with Crippen LogP contribution in [0.5, 0.6) is 5.75 Å². The van der Waals surface area contributed by atoms with Crippen LogP contribution in [0.4, 0.5) is 20.3 Å². The molecule has 0 bridgehead atoms. The van der Waals surface area contributed by atoms with Crippen LogP contribution in [-0.2, 0) is 0 Å². The van der Waals surface area contributed by atoms with Crippen LogP contribution in [0, 0.1) is 11.6 Å². The van der Waals surface area contributed by atoms with Gasteiger partial charge in [-0.15, -0.1) is 0 Å². The number of rotatable bonds is 4. The highest BCUT2D eigenvalue weighted by Crippen LogP contribution is 2.30. The van der Waals surface area contributed by atoms with Gasteiger partial charge < -0.3 is 10.1 Å². The van der Waals surface area contributed by atoms with E-state index in [0.717, 1.165) is 12.1 Å². The SMILES string of the molecule is COc1ccc2nc(-c3ccnnc3)nc(Nc3ccc(F)c(F)c3)c2c1. The number of benzene rings is 2. The summed E-state index contributed by atoms with van der Waals surface area (Å²) in [5, 5.41) is 11.3. The number of ether oxygens (including phenoxy) is 1. The Labute approximate surface area is 152 Å². The van der Waals surface area contributed by atoms with Gasteiger partial charge in [0.05, 0.1) is 25.0 Å². The fourth-order valence-corrected chi connectivity index (χ4v) is 2.59. The highest BCUT2D eigenvalue weighted by molar-refractivity contribution is 5.93. The molecular weight excluding hydrogens is 352 g/mol. The Morgan fingerprint density at radius 2 is 1.81 bits per heavy atom. The molecule has 2 aromatic heterocycles. The maximum Gasteiger partial charge on any atom is 0.163 e. The van der Waals surface area contributed by atoms with E-state index in [9.17, 15) is 8.78 Å². The molecule has 2 heterocycles. The molecule has 27 heavy (non-hydrogen) atoms. The molecule has 4 aromatic rings. The van der Waals surface area contributed by atoms with Gasteiger partial charge in [-0.2, -0.15) is 10.2 Å². The number of methoxy groups -OCH3 is 1. The van der Waals surface area contributed by atoms with Gasteiger partial charge in [-0.1, -0.05) is 0 Å². The van der Waals surface area contributed by atoms with Gasteiger partial charge >= 0.3 is 0 Å². The molecule has 8 heteroatoms. The first-order chi connectivity index (χ1) is 13.1. The number of aromatic nitrogens is 4. The molecule has 2 aromatic carbocycles. The zero-order chi connectivity index (χ0) is 18.8. The average Bonchev–Trinajstić information content (AvgIpc) is 2.71. The van der Waals surface area contributed by atoms with Crippen LogP contribution < -0.4 is 10.1 Å². The number of hydrogen-bond donors (Lipinski definition) is 1. The lowest BCUT2D eigenvalue weighted by molar-refractivity contribution is 0.415. The predicted molar refractivity (Wildman–Crippen MR) is 96.8 cm³/mol. The molecule has 4 rings (SSSR count). The summed E-state index contributed by atoms with van der Waals surface area (Å²) < 4.78 is 32.1. The quantitative estimate of drug-likeness (QED) is 0.587. The third-order valence-corrected chi connectivity index (χ3v) is 3.93. The van der Waals surface area contributed by atoms with E-state index < -0.39 is 11.6 Å². The van der Waals surface area contributed by atoms with Crippen molar-refractivity contribution in [1.82, 2.24) is 20.2 Å². The first-order valence-corrected chi connectivity index (χ1v) is 7.99. The Kier molecular flexibility index (Phi) is 4.29. The van der Waals surface area contributed by atoms with Crippen molar-refractivity contribution >= 4 is 22.4 Å². The number of hydrogen-bond acceptors (Lipinski definition) is 6. The van der Waals surface area contributed by atoms with E-state index in [0.29, 0.717) is 39.5 Å². The highest BCUT2D eigenvalue weighted by atomic mass is 19.2. The minimum absolute atomic E-state index is 0.357. The fourth-order valence-electron chi connectivity index (χ4n) is 2.59. The summed E-state index contributed by atoms with van der Waals surface area (Å²) in [7, 11) is 1.56. The van der Waals surface area contributed by atoms with Crippen LogP contribution in [0.25, 0.3) is 22.3 Å². The molecule has 0 aliphatic rings. The summed E-state index contributed by atoms with van der Waals surface area (Å²) in [4.78, 5) is 9.08. The summed E-state index contributed by atoms with van der Waals surface area (Å²) >= 11 is 0. The second-order valence-electron chi connectivity index (χ2n) is 5.66. The first-order valence-electron chi connectivity index (χ1n) is 7.99. The van der Waals surface area contributed by atoms with Crippen molar-refractivity contribution in [2.75, 3.05) is 12.4 Å². The van der Waals surface area contributed by atoms with Gasteiger partial charge in [0.1, 0.15) is 11.6 Å². The minimum Gasteiger partial charge on any atom is -0.497 e. The highest BCUT2D eigenvalue weighted by Gasteiger charge is 2.12. The summed E-state index contributed by atoms with van der Waals surface area (Å²) in [5.41, 5.74) is 1.69. The van der Waals surface area contributed by atoms with Crippen molar-refractivity contribution in [1.29, 1.82) is 0 Å². The van der Waals surface area contributed by atoms with Crippen molar-refractivity contribution in [3.05, 3.63) is 66.5 Å². The van der Waals surface area contributed by atoms with Gasteiger partial charge in [-0.25, -0.2) is 18.7 Å². The smallest absolute Gasteiger partial charge is 0.163 e. The van der Waals surface area contributed by atoms with E-state index in [-0.39, 0.29) is 0 Å². The monoisotopic (exact) mass is 365 g/mol. The Morgan fingerprint density at radius 1 is 0.926 bits per heavy atom. The lowest BCUT2D eigenvalue weighted by atomic mass is 10.2. The number of nitrogens with one attached hydrogen (secondary N) is 1. The normalized spacial score (nSPS) is 10.8. The van der Waals surface area contributed by atoms with E-state index in [4.69, 9.17) is 4.74 Å². The Morgan fingerprint density at radius 3 is 2.56 bits per heavy atom. The topological polar surface area (TPSA) is 72.8 Å². The van der Waals surface area contributed by atoms with Gasteiger partial charge in [0, 0.05) is 22.7 Å². The maximum absolute atomic E-state index is 13.6. The van der Waals surface area contributed by atoms with E-state index in [1.54, 1.807) is 43.8 Å². The molecular formula is C19H13F2N5O. The zero-order valence-electron chi connectivity index (χ0n) is 14.1. The molecule has 0 aliphatic carbocycles. The average molecular weight is 365 g/mol. The van der Waals surface area contributed by atoms with E-state index in [1.165, 1.54) is 6.07 Å². The molecule has 0 saturated heterocycles. The number of nitrogens with zero attached hydrogens (tertiary/aromatic N) is 4. The van der Waals surface area contributed by atoms with Crippen molar-refractivity contribution in [2.24, 2.45) is 0 Å². The van der Waals surface area contributed by atoms with Crippen LogP contribution in [0.1, 0.15) is 0 Å². The van der Waals surface area contributed by atoms with Crippen LogP contribution in [0.3, 0.4) is 0 Å². The van der Waals surface area contributed by atoms with E-state index in [2.05, 4.69) is 25.5 Å². The third kappa shape index (κ3) is 3.37. The molecule has 0 atom stereocenters. The van der Waals surface area contributed by atoms with Gasteiger partial charge in [-0.3, -0.25) is 0 Å². The van der Waals surface area contributed by atoms with Crippen molar-refractivity contribution in [3.63, 3.8) is 0 Å². The summed E-state index contributed by atoms with van der Waals surface area (Å²) in [5.74, 6) is -0.394. The third-order valence-electron chi connectivity index (χ3n) is 3.93. The van der Waals surface area contributed by atoms with Crippen LogP contribution in [-0.4, -0.2) is 27.3 Å². The molecule has 0 saturated carbocycles. The van der Waals surface area contributed by atoms with Gasteiger partial charge in [0.25, 0.3) is 0 Å². The lowest BCUT2D eigenvalue weighted by Gasteiger charge is -2.12. The minimum atomic E-state index is -0.950. The summed E-state index contributed by atoms with van der Waals surface area (Å²) in [6, 6.07) is 10.6. The molecule has 134 valence electrons. The molecule has 6 nitrogen and oxygen atoms in total. The largest absolute Gasteiger partial charge is 0.497 e. The molecule has 0 fully saturated rings. The van der Waals surface area contributed by atoms with Crippen LogP contribution in [0.15, 0.2) is 54.9 Å². The Hall–Kier alpha value is -3.68. The van der Waals surface area contributed by atoms with Gasteiger partial charge in [-0.05, 0) is 36.4 Å². The van der Waals surface area contributed by atoms with E-state index in [1.807, 2.05) is 0 Å². The molecule has 1 N–H and O–H groups in total. The fraction of sp³-hybridized carbons (Fsp3) is 0.0526. The standard InChI is InChI=1S/C19H13F2N5O/c1-27-13-3-5-17-14(9-13)19(24-12-2-4-15(20)16(21)8-12)26-18(25-17)11-6-7-22-23-10-11/h2-10H,1H3,(H,24,25,26). The predicted octanol–water partition coefficient (Wildman–Crippen LogP) is 4.12. The summed E-state index contributed by atoms with van der Waals surface area (Å²) in [6.45, 7) is 0. The second-order valence-corrected chi connectivity index (χ2v) is 5.66. The molecule has 0 amide bonds. The number of fused-ring (bicyclic) bond motifs is 1. The van der Waals surface area contributed by atoms with E-state index >= 15 is 0 Å². The Bertz CT molecular complexity index is 1120. The Balaban J connectivity index is 1.88. The number of halogens is 2. The van der Waals surface area contributed by atoms with Gasteiger partial charge in [0.15, 0.2) is 17.5 Å². The van der Waals surface area contributed by atoms with Crippen LogP contribution >= 0.6 is 0 Å². The van der Waals surface area contributed by atoms with Crippen LogP contribution in [0.2, 0.25) is 0 Å². The number of anilines is 2. The maximum atomic E-state index is 13.6. The second kappa shape index (κ2) is 6.91. The molecule has 0 aliphatic heterocycles. The summed E-state index contributed by atoms with van der Waals surface area (Å²) in [6.07, 6.45) is 3.09. The van der Waals surface area contributed by atoms with Gasteiger partial charge in [0.2, 0.25) is 0 Å². The lowest BCUT2D eigenvalue weighted by Crippen LogP contribution is -2.01.